The SMILES string of the molecule is COC1=CC(c2[nH]c(-c3cccc(C)c3)nc2-c2ccncc2)CN=C1N. The molecule has 3 N–H and O–H groups in total. The summed E-state index contributed by atoms with van der Waals surface area (Å²) in [6.45, 7) is 2.62. The molecule has 3 heterocycles. The van der Waals surface area contributed by atoms with Crippen molar-refractivity contribution >= 4 is 5.84 Å². The van der Waals surface area contributed by atoms with E-state index in [0.717, 1.165) is 28.3 Å². The van der Waals surface area contributed by atoms with Gasteiger partial charge in [-0.3, -0.25) is 9.98 Å². The van der Waals surface area contributed by atoms with Gasteiger partial charge >= 0.3 is 0 Å². The number of dihydropyridines is 1. The molecule has 0 spiro atoms. The zero-order chi connectivity index (χ0) is 18.8. The Kier molecular flexibility index (Phi) is 4.46. The fourth-order valence-electron chi connectivity index (χ4n) is 3.26. The molecule has 0 saturated carbocycles. The number of aromatic amines is 1. The van der Waals surface area contributed by atoms with Gasteiger partial charge in [0.25, 0.3) is 0 Å². The van der Waals surface area contributed by atoms with E-state index in [2.05, 4.69) is 40.1 Å². The quantitative estimate of drug-likeness (QED) is 0.747. The first-order valence-electron chi connectivity index (χ1n) is 8.79. The van der Waals surface area contributed by atoms with E-state index >= 15 is 0 Å². The second-order valence-electron chi connectivity index (χ2n) is 6.52. The number of methoxy groups -OCH3 is 1. The number of pyridine rings is 1. The van der Waals surface area contributed by atoms with Gasteiger partial charge in [-0.1, -0.05) is 23.8 Å². The van der Waals surface area contributed by atoms with Gasteiger partial charge in [-0.2, -0.15) is 0 Å². The van der Waals surface area contributed by atoms with Crippen LogP contribution < -0.4 is 5.73 Å². The molecule has 4 rings (SSSR count). The standard InChI is InChI=1S/C21H21N5O/c1-13-4-3-5-15(10-13)21-25-18(14-6-8-23-9-7-14)19(26-21)16-11-17(27-2)20(22)24-12-16/h3-11,16H,12H2,1-2H3,(H2,22,24)(H,25,26). The number of hydrogen-bond acceptors (Lipinski definition) is 5. The van der Waals surface area contributed by atoms with Crippen LogP contribution in [-0.2, 0) is 4.74 Å². The van der Waals surface area contributed by atoms with Crippen molar-refractivity contribution in [2.24, 2.45) is 10.7 Å². The van der Waals surface area contributed by atoms with Crippen molar-refractivity contribution in [2.45, 2.75) is 12.8 Å². The van der Waals surface area contributed by atoms with Crippen molar-refractivity contribution in [1.29, 1.82) is 0 Å². The minimum absolute atomic E-state index is 0.00137. The Morgan fingerprint density at radius 2 is 1.96 bits per heavy atom. The molecular weight excluding hydrogens is 338 g/mol. The second-order valence-corrected chi connectivity index (χ2v) is 6.52. The van der Waals surface area contributed by atoms with E-state index in [9.17, 15) is 0 Å². The molecule has 1 atom stereocenters. The molecule has 1 aromatic carbocycles. The van der Waals surface area contributed by atoms with Gasteiger partial charge in [-0.25, -0.2) is 4.98 Å². The Morgan fingerprint density at radius 3 is 2.70 bits per heavy atom. The predicted molar refractivity (Wildman–Crippen MR) is 106 cm³/mol. The maximum Gasteiger partial charge on any atom is 0.161 e. The number of amidine groups is 1. The molecule has 1 aliphatic rings. The predicted octanol–water partition coefficient (Wildman–Crippen LogP) is 3.43. The summed E-state index contributed by atoms with van der Waals surface area (Å²) in [4.78, 5) is 16.9. The van der Waals surface area contributed by atoms with Gasteiger partial charge in [0.05, 0.1) is 25.0 Å². The van der Waals surface area contributed by atoms with Gasteiger partial charge in [0.2, 0.25) is 0 Å². The molecule has 0 saturated heterocycles. The Balaban J connectivity index is 1.84. The minimum atomic E-state index is 0.00137. The highest BCUT2D eigenvalue weighted by Crippen LogP contribution is 2.33. The smallest absolute Gasteiger partial charge is 0.161 e. The highest BCUT2D eigenvalue weighted by atomic mass is 16.5. The summed E-state index contributed by atoms with van der Waals surface area (Å²) >= 11 is 0. The maximum absolute atomic E-state index is 5.91. The van der Waals surface area contributed by atoms with Crippen molar-refractivity contribution in [1.82, 2.24) is 15.0 Å². The summed E-state index contributed by atoms with van der Waals surface area (Å²) in [5.41, 5.74) is 11.0. The lowest BCUT2D eigenvalue weighted by Crippen LogP contribution is -2.23. The van der Waals surface area contributed by atoms with E-state index in [1.54, 1.807) is 19.5 Å². The number of hydrogen-bond donors (Lipinski definition) is 2. The second kappa shape index (κ2) is 7.07. The molecule has 0 bridgehead atoms. The van der Waals surface area contributed by atoms with Gasteiger partial charge in [0, 0.05) is 29.4 Å². The Labute approximate surface area is 157 Å². The van der Waals surface area contributed by atoms with Gasteiger partial charge in [0.1, 0.15) is 5.82 Å². The zero-order valence-electron chi connectivity index (χ0n) is 15.3. The van der Waals surface area contributed by atoms with E-state index in [4.69, 9.17) is 15.5 Å². The van der Waals surface area contributed by atoms with Crippen LogP contribution in [0.25, 0.3) is 22.6 Å². The average molecular weight is 359 g/mol. The summed E-state index contributed by atoms with van der Waals surface area (Å²) in [5.74, 6) is 1.85. The number of nitrogens with two attached hydrogens (primary N) is 1. The molecule has 0 aliphatic carbocycles. The van der Waals surface area contributed by atoms with Crippen molar-refractivity contribution in [3.05, 3.63) is 71.9 Å². The van der Waals surface area contributed by atoms with Crippen LogP contribution in [0.2, 0.25) is 0 Å². The molecule has 2 aromatic heterocycles. The first-order chi connectivity index (χ1) is 13.2. The number of rotatable bonds is 4. The number of aryl methyl sites for hydroxylation is 1. The molecule has 136 valence electrons. The van der Waals surface area contributed by atoms with Crippen molar-refractivity contribution < 1.29 is 4.74 Å². The number of ether oxygens (including phenoxy) is 1. The Hall–Kier alpha value is -3.41. The molecule has 27 heavy (non-hydrogen) atoms. The van der Waals surface area contributed by atoms with E-state index < -0.39 is 0 Å². The van der Waals surface area contributed by atoms with E-state index in [1.807, 2.05) is 24.3 Å². The fraction of sp³-hybridized carbons (Fsp3) is 0.190. The monoisotopic (exact) mass is 359 g/mol. The molecule has 0 amide bonds. The van der Waals surface area contributed by atoms with Crippen LogP contribution in [0, 0.1) is 6.92 Å². The van der Waals surface area contributed by atoms with Crippen molar-refractivity contribution in [2.75, 3.05) is 13.7 Å². The number of H-pyrrole nitrogens is 1. The molecule has 1 unspecified atom stereocenters. The molecule has 6 heteroatoms. The first kappa shape index (κ1) is 17.0. The minimum Gasteiger partial charge on any atom is -0.493 e. The van der Waals surface area contributed by atoms with E-state index in [0.29, 0.717) is 18.1 Å². The lowest BCUT2D eigenvalue weighted by Gasteiger charge is -2.18. The third kappa shape index (κ3) is 3.33. The largest absolute Gasteiger partial charge is 0.493 e. The molecule has 1 aliphatic heterocycles. The van der Waals surface area contributed by atoms with Crippen LogP contribution in [0.1, 0.15) is 17.2 Å². The topological polar surface area (TPSA) is 89.2 Å². The van der Waals surface area contributed by atoms with Crippen LogP contribution >= 0.6 is 0 Å². The highest BCUT2D eigenvalue weighted by Gasteiger charge is 2.24. The summed E-state index contributed by atoms with van der Waals surface area (Å²) < 4.78 is 5.37. The Bertz CT molecular complexity index is 1020. The number of nitrogens with zero attached hydrogens (tertiary/aromatic N) is 3. The van der Waals surface area contributed by atoms with Crippen molar-refractivity contribution in [3.63, 3.8) is 0 Å². The van der Waals surface area contributed by atoms with Gasteiger partial charge < -0.3 is 15.5 Å². The third-order valence-electron chi connectivity index (χ3n) is 4.63. The summed E-state index contributed by atoms with van der Waals surface area (Å²) in [6, 6.07) is 12.2. The summed E-state index contributed by atoms with van der Waals surface area (Å²) in [7, 11) is 1.60. The molecule has 3 aromatic rings. The van der Waals surface area contributed by atoms with Gasteiger partial charge in [-0.05, 0) is 31.2 Å². The van der Waals surface area contributed by atoms with Crippen molar-refractivity contribution in [3.8, 4) is 22.6 Å². The Morgan fingerprint density at radius 1 is 1.15 bits per heavy atom. The van der Waals surface area contributed by atoms with Crippen LogP contribution in [-0.4, -0.2) is 34.4 Å². The summed E-state index contributed by atoms with van der Waals surface area (Å²) in [5, 5.41) is 0. The first-order valence-corrected chi connectivity index (χ1v) is 8.79. The normalized spacial score (nSPS) is 16.6. The molecule has 6 nitrogen and oxygen atoms in total. The third-order valence-corrected chi connectivity index (χ3v) is 4.63. The number of aromatic nitrogens is 3. The van der Waals surface area contributed by atoms with Crippen LogP contribution in [0.15, 0.2) is 65.6 Å². The zero-order valence-corrected chi connectivity index (χ0v) is 15.3. The highest BCUT2D eigenvalue weighted by molar-refractivity contribution is 5.96. The van der Waals surface area contributed by atoms with E-state index in [-0.39, 0.29) is 5.92 Å². The summed E-state index contributed by atoms with van der Waals surface area (Å²) in [6.07, 6.45) is 5.54. The van der Waals surface area contributed by atoms with Gasteiger partial charge in [0.15, 0.2) is 11.6 Å². The lowest BCUT2D eigenvalue weighted by atomic mass is 9.98. The number of benzene rings is 1. The molecular formula is C21H21N5O. The van der Waals surface area contributed by atoms with Crippen LogP contribution in [0.4, 0.5) is 0 Å². The average Bonchev–Trinajstić information content (AvgIpc) is 3.14. The van der Waals surface area contributed by atoms with Gasteiger partial charge in [-0.15, -0.1) is 0 Å². The van der Waals surface area contributed by atoms with Crippen LogP contribution in [0.3, 0.4) is 0 Å². The fourth-order valence-corrected chi connectivity index (χ4v) is 3.26. The number of nitrogens with one attached hydrogen (secondary N) is 1. The number of imidazole rings is 1. The molecule has 0 fully saturated rings. The van der Waals surface area contributed by atoms with Crippen LogP contribution in [0.5, 0.6) is 0 Å². The van der Waals surface area contributed by atoms with E-state index in [1.165, 1.54) is 5.56 Å². The number of aliphatic imine (C=N–C) groups is 1. The lowest BCUT2D eigenvalue weighted by molar-refractivity contribution is 0.309. The molecule has 0 radical (unpaired) electrons. The maximum atomic E-state index is 5.91.